The monoisotopic (exact) mass is 398 g/mol. The highest BCUT2D eigenvalue weighted by Gasteiger charge is 2.39. The number of non-ortho nitro benzene ring substituents is 1. The highest BCUT2D eigenvalue weighted by atomic mass is 32.2. The fourth-order valence-electron chi connectivity index (χ4n) is 3.28. The molecule has 27 heavy (non-hydrogen) atoms. The molecule has 2 N–H and O–H groups in total. The summed E-state index contributed by atoms with van der Waals surface area (Å²) < 4.78 is 26.8. The average Bonchev–Trinajstić information content (AvgIpc) is 2.69. The third kappa shape index (κ3) is 4.12. The summed E-state index contributed by atoms with van der Waals surface area (Å²) in [6, 6.07) is 4.81. The molecule has 1 saturated heterocycles. The van der Waals surface area contributed by atoms with E-state index in [1.165, 1.54) is 28.6 Å². The molecule has 0 unspecified atom stereocenters. The number of nitro groups is 1. The number of hydrogen-bond acceptors (Lipinski definition) is 6. The number of nitrogens with zero attached hydrogens (tertiary/aromatic N) is 3. The Morgan fingerprint density at radius 1 is 1.15 bits per heavy atom. The minimum absolute atomic E-state index is 0.00583. The molecule has 1 aliphatic heterocycles. The van der Waals surface area contributed by atoms with E-state index >= 15 is 0 Å². The lowest BCUT2D eigenvalue weighted by Crippen LogP contribution is -2.55. The fourth-order valence-corrected chi connectivity index (χ4v) is 4.71. The molecule has 10 heteroatoms. The maximum absolute atomic E-state index is 12.9. The van der Waals surface area contributed by atoms with Crippen molar-refractivity contribution in [3.63, 3.8) is 0 Å². The summed E-state index contributed by atoms with van der Waals surface area (Å²) in [5, 5.41) is 10.7. The van der Waals surface area contributed by atoms with E-state index in [0.717, 1.165) is 0 Å². The number of nitro benzene ring substituents is 1. The molecule has 1 aromatic carbocycles. The Balaban J connectivity index is 2.10. The maximum atomic E-state index is 12.9. The van der Waals surface area contributed by atoms with Crippen LogP contribution in [-0.4, -0.2) is 61.2 Å². The third-order valence-electron chi connectivity index (χ3n) is 5.41. The van der Waals surface area contributed by atoms with Crippen LogP contribution in [0.5, 0.6) is 0 Å². The van der Waals surface area contributed by atoms with E-state index in [0.29, 0.717) is 25.9 Å². The van der Waals surface area contributed by atoms with Crippen molar-refractivity contribution >= 4 is 21.6 Å². The third-order valence-corrected chi connectivity index (χ3v) is 7.32. The number of sulfonamides is 1. The molecule has 1 aliphatic rings. The van der Waals surface area contributed by atoms with Crippen LogP contribution in [0, 0.1) is 15.5 Å². The van der Waals surface area contributed by atoms with Crippen LogP contribution < -0.4 is 5.73 Å². The molecule has 0 aliphatic carbocycles. The number of benzene rings is 1. The number of carbonyl (C=O) groups excluding carboxylic acids is 1. The van der Waals surface area contributed by atoms with Crippen LogP contribution in [0.3, 0.4) is 0 Å². The Kier molecular flexibility index (Phi) is 6.55. The molecule has 1 aromatic rings. The lowest BCUT2D eigenvalue weighted by Gasteiger charge is -2.39. The normalized spacial score (nSPS) is 16.3. The topological polar surface area (TPSA) is 127 Å². The van der Waals surface area contributed by atoms with Gasteiger partial charge in [0.05, 0.1) is 15.2 Å². The van der Waals surface area contributed by atoms with E-state index in [-0.39, 0.29) is 36.1 Å². The van der Waals surface area contributed by atoms with Gasteiger partial charge >= 0.3 is 0 Å². The molecule has 0 aromatic heterocycles. The van der Waals surface area contributed by atoms with Crippen LogP contribution >= 0.6 is 0 Å². The summed E-state index contributed by atoms with van der Waals surface area (Å²) >= 11 is 0. The second-order valence-electron chi connectivity index (χ2n) is 6.64. The zero-order valence-electron chi connectivity index (χ0n) is 15.6. The van der Waals surface area contributed by atoms with Crippen LogP contribution in [0.4, 0.5) is 5.69 Å². The zero-order valence-corrected chi connectivity index (χ0v) is 16.4. The van der Waals surface area contributed by atoms with Crippen LogP contribution in [0.15, 0.2) is 29.2 Å². The van der Waals surface area contributed by atoms with E-state index in [1.807, 2.05) is 13.8 Å². The number of piperazine rings is 1. The van der Waals surface area contributed by atoms with Gasteiger partial charge in [0.25, 0.3) is 5.69 Å². The second kappa shape index (κ2) is 8.32. The lowest BCUT2D eigenvalue weighted by molar-refractivity contribution is -0.384. The summed E-state index contributed by atoms with van der Waals surface area (Å²) in [6.07, 6.45) is 1.28. The van der Waals surface area contributed by atoms with Gasteiger partial charge in [0.2, 0.25) is 15.9 Å². The van der Waals surface area contributed by atoms with E-state index < -0.39 is 20.4 Å². The van der Waals surface area contributed by atoms with Gasteiger partial charge in [-0.3, -0.25) is 14.9 Å². The van der Waals surface area contributed by atoms with E-state index in [9.17, 15) is 23.3 Å². The predicted molar refractivity (Wildman–Crippen MR) is 101 cm³/mol. The van der Waals surface area contributed by atoms with Crippen molar-refractivity contribution in [1.29, 1.82) is 0 Å². The molecule has 1 amide bonds. The SMILES string of the molecule is CCC(CC)(CN)C(=O)N1CCN(S(=O)(=O)c2ccc([N+](=O)[O-])cc2)CC1. The minimum Gasteiger partial charge on any atom is -0.340 e. The Labute approximate surface area is 159 Å². The van der Waals surface area contributed by atoms with Gasteiger partial charge in [0.1, 0.15) is 0 Å². The molecular weight excluding hydrogens is 372 g/mol. The second-order valence-corrected chi connectivity index (χ2v) is 8.58. The summed E-state index contributed by atoms with van der Waals surface area (Å²) in [5.41, 5.74) is 5.08. The number of amides is 1. The Morgan fingerprint density at radius 3 is 2.07 bits per heavy atom. The molecule has 9 nitrogen and oxygen atoms in total. The molecule has 0 bridgehead atoms. The number of nitrogens with two attached hydrogens (primary N) is 1. The van der Waals surface area contributed by atoms with E-state index in [4.69, 9.17) is 5.73 Å². The predicted octanol–water partition coefficient (Wildman–Crippen LogP) is 1.19. The molecule has 0 spiro atoms. The molecule has 1 fully saturated rings. The first-order chi connectivity index (χ1) is 12.7. The maximum Gasteiger partial charge on any atom is 0.269 e. The Hall–Kier alpha value is -2.04. The van der Waals surface area contributed by atoms with Gasteiger partial charge in [-0.1, -0.05) is 13.8 Å². The fraction of sp³-hybridized carbons (Fsp3) is 0.588. The summed E-state index contributed by atoms with van der Waals surface area (Å²) in [7, 11) is -3.76. The molecule has 0 saturated carbocycles. The number of rotatable bonds is 7. The number of hydrogen-bond donors (Lipinski definition) is 1. The van der Waals surface area contributed by atoms with Crippen molar-refractivity contribution < 1.29 is 18.1 Å². The highest BCUT2D eigenvalue weighted by molar-refractivity contribution is 7.89. The van der Waals surface area contributed by atoms with Gasteiger partial charge in [-0.05, 0) is 25.0 Å². The van der Waals surface area contributed by atoms with Crippen LogP contribution in [0.25, 0.3) is 0 Å². The van der Waals surface area contributed by atoms with Crippen molar-refractivity contribution in [2.45, 2.75) is 31.6 Å². The molecule has 0 atom stereocenters. The zero-order chi connectivity index (χ0) is 20.2. The van der Waals surface area contributed by atoms with Gasteiger partial charge < -0.3 is 10.6 Å². The highest BCUT2D eigenvalue weighted by Crippen LogP contribution is 2.29. The van der Waals surface area contributed by atoms with Crippen LogP contribution in [0.2, 0.25) is 0 Å². The first kappa shape index (κ1) is 21.3. The van der Waals surface area contributed by atoms with Crippen molar-refractivity contribution in [1.82, 2.24) is 9.21 Å². The average molecular weight is 398 g/mol. The first-order valence-corrected chi connectivity index (χ1v) is 10.4. The summed E-state index contributed by atoms with van der Waals surface area (Å²) in [5.74, 6) is -0.0256. The minimum atomic E-state index is -3.76. The lowest BCUT2D eigenvalue weighted by atomic mass is 9.81. The van der Waals surface area contributed by atoms with Gasteiger partial charge in [0.15, 0.2) is 0 Å². The largest absolute Gasteiger partial charge is 0.340 e. The van der Waals surface area contributed by atoms with Gasteiger partial charge in [-0.15, -0.1) is 0 Å². The summed E-state index contributed by atoms with van der Waals surface area (Å²) in [4.78, 5) is 24.7. The van der Waals surface area contributed by atoms with Crippen molar-refractivity contribution in [2.75, 3.05) is 32.7 Å². The van der Waals surface area contributed by atoms with Crippen LogP contribution in [0.1, 0.15) is 26.7 Å². The van der Waals surface area contributed by atoms with E-state index in [2.05, 4.69) is 0 Å². The van der Waals surface area contributed by atoms with E-state index in [1.54, 1.807) is 4.90 Å². The van der Waals surface area contributed by atoms with Crippen molar-refractivity contribution in [3.8, 4) is 0 Å². The smallest absolute Gasteiger partial charge is 0.269 e. The molecule has 2 rings (SSSR count). The quantitative estimate of drug-likeness (QED) is 0.543. The molecular formula is C17H26N4O5S. The standard InChI is InChI=1S/C17H26N4O5S/c1-3-17(4-2,13-18)16(22)19-9-11-20(12-10-19)27(25,26)15-7-5-14(6-8-15)21(23)24/h5-8H,3-4,9-13,18H2,1-2H3. The first-order valence-electron chi connectivity index (χ1n) is 8.96. The molecule has 150 valence electrons. The summed E-state index contributed by atoms with van der Waals surface area (Å²) in [6.45, 7) is 5.09. The van der Waals surface area contributed by atoms with Gasteiger partial charge in [-0.25, -0.2) is 8.42 Å². The Morgan fingerprint density at radius 2 is 1.67 bits per heavy atom. The van der Waals surface area contributed by atoms with Gasteiger partial charge in [-0.2, -0.15) is 4.31 Å². The molecule has 1 heterocycles. The van der Waals surface area contributed by atoms with Crippen LogP contribution in [-0.2, 0) is 14.8 Å². The van der Waals surface area contributed by atoms with Crippen molar-refractivity contribution in [3.05, 3.63) is 34.4 Å². The number of carbonyl (C=O) groups is 1. The van der Waals surface area contributed by atoms with Gasteiger partial charge in [0, 0.05) is 44.9 Å². The van der Waals surface area contributed by atoms with Crippen molar-refractivity contribution in [2.24, 2.45) is 11.1 Å². The molecule has 0 radical (unpaired) electrons. The Bertz CT molecular complexity index is 774.